The lowest BCUT2D eigenvalue weighted by Crippen LogP contribution is -2.44. The number of aromatic nitrogens is 1. The van der Waals surface area contributed by atoms with Gasteiger partial charge in [0.2, 0.25) is 5.92 Å². The van der Waals surface area contributed by atoms with Crippen LogP contribution in [0.3, 0.4) is 0 Å². The van der Waals surface area contributed by atoms with Crippen LogP contribution < -0.4 is 15.8 Å². The van der Waals surface area contributed by atoms with Gasteiger partial charge in [-0.05, 0) is 18.1 Å². The number of carbonyl (C=O) groups excluding carboxylic acids is 1. The van der Waals surface area contributed by atoms with Gasteiger partial charge in [0, 0.05) is 50.7 Å². The highest BCUT2D eigenvalue weighted by Gasteiger charge is 2.45. The minimum Gasteiger partial charge on any atom is -0.367 e. The first-order chi connectivity index (χ1) is 14.0. The van der Waals surface area contributed by atoms with Gasteiger partial charge in [-0.2, -0.15) is 0 Å². The summed E-state index contributed by atoms with van der Waals surface area (Å²) in [7, 11) is -3.12. The predicted octanol–water partition coefficient (Wildman–Crippen LogP) is 1.64. The lowest BCUT2D eigenvalue weighted by atomic mass is 9.81. The van der Waals surface area contributed by atoms with Gasteiger partial charge in [-0.25, -0.2) is 17.2 Å². The fourth-order valence-corrected chi connectivity index (χ4v) is 4.72. The number of sulfone groups is 1. The molecule has 1 aromatic heterocycles. The molecule has 1 aliphatic heterocycles. The molecule has 1 N–H and O–H groups in total. The molecule has 7 nitrogen and oxygen atoms in total. The van der Waals surface area contributed by atoms with Crippen molar-refractivity contribution in [2.45, 2.75) is 25.3 Å². The van der Waals surface area contributed by atoms with Gasteiger partial charge in [0.15, 0.2) is 0 Å². The van der Waals surface area contributed by atoms with E-state index in [1.807, 2.05) is 11.0 Å². The number of hydrogen-bond acceptors (Lipinski definition) is 5. The molecule has 0 spiro atoms. The van der Waals surface area contributed by atoms with Crippen molar-refractivity contribution in [3.05, 3.63) is 40.2 Å². The van der Waals surface area contributed by atoms with Crippen LogP contribution in [0.5, 0.6) is 0 Å². The van der Waals surface area contributed by atoms with E-state index >= 15 is 0 Å². The lowest BCUT2D eigenvalue weighted by molar-refractivity contribution is -0.108. The van der Waals surface area contributed by atoms with E-state index in [-0.39, 0.29) is 36.6 Å². The Labute approximate surface area is 172 Å². The number of nitrogens with zero attached hydrogens (tertiary/aromatic N) is 2. The van der Waals surface area contributed by atoms with Gasteiger partial charge in [-0.1, -0.05) is 12.1 Å². The number of hydrogen-bond donors (Lipinski definition) is 1. The Balaban J connectivity index is 1.60. The van der Waals surface area contributed by atoms with Gasteiger partial charge in [-0.15, -0.1) is 0 Å². The van der Waals surface area contributed by atoms with Crippen LogP contribution in [0.15, 0.2) is 29.1 Å². The number of pyridine rings is 1. The van der Waals surface area contributed by atoms with Crippen molar-refractivity contribution >= 4 is 32.3 Å². The first kappa shape index (κ1) is 20.8. The van der Waals surface area contributed by atoms with Gasteiger partial charge < -0.3 is 14.8 Å². The smallest absolute Gasteiger partial charge is 0.264 e. The number of alkyl halides is 2. The molecule has 30 heavy (non-hydrogen) atoms. The van der Waals surface area contributed by atoms with Crippen LogP contribution in [0.25, 0.3) is 10.9 Å². The molecule has 1 aromatic carbocycles. The van der Waals surface area contributed by atoms with E-state index in [1.165, 1.54) is 16.9 Å². The molecule has 1 aliphatic carbocycles. The van der Waals surface area contributed by atoms with E-state index in [4.69, 9.17) is 0 Å². The number of carbonyl (C=O) groups is 1. The van der Waals surface area contributed by atoms with Crippen molar-refractivity contribution in [1.29, 1.82) is 0 Å². The molecule has 2 aromatic rings. The quantitative estimate of drug-likeness (QED) is 0.739. The molecule has 4 rings (SSSR count). The molecule has 0 radical (unpaired) electrons. The van der Waals surface area contributed by atoms with Crippen molar-refractivity contribution in [3.63, 3.8) is 0 Å². The van der Waals surface area contributed by atoms with Crippen LogP contribution in [0.1, 0.15) is 23.2 Å². The summed E-state index contributed by atoms with van der Waals surface area (Å²) in [6.07, 6.45) is 0.690. The largest absolute Gasteiger partial charge is 0.367 e. The highest BCUT2D eigenvalue weighted by molar-refractivity contribution is 7.90. The summed E-state index contributed by atoms with van der Waals surface area (Å²) in [6.45, 7) is 1.21. The maximum Gasteiger partial charge on any atom is 0.264 e. The molecule has 2 heterocycles. The van der Waals surface area contributed by atoms with E-state index in [1.54, 1.807) is 12.1 Å². The van der Waals surface area contributed by atoms with Crippen LogP contribution >= 0.6 is 0 Å². The molecule has 0 bridgehead atoms. The fraction of sp³-hybridized carbons (Fsp3) is 0.500. The van der Waals surface area contributed by atoms with Gasteiger partial charge in [0.25, 0.3) is 11.5 Å². The number of nitrogens with one attached hydrogen (secondary N) is 1. The molecular formula is C20H23F2N3O4S. The molecule has 10 heteroatoms. The maximum atomic E-state index is 13.0. The van der Waals surface area contributed by atoms with Crippen molar-refractivity contribution in [3.8, 4) is 0 Å². The van der Waals surface area contributed by atoms with Crippen LogP contribution in [0, 0.1) is 5.92 Å². The Hall–Kier alpha value is -2.49. The Bertz CT molecular complexity index is 1170. The Kier molecular flexibility index (Phi) is 5.08. The SMILES string of the molecule is CS(=O)(=O)CCN1CCn2c(=O)c(C(=O)NCC3CC(F)(F)C3)cc3cccc1c32. The fourth-order valence-electron chi connectivity index (χ4n) is 4.17. The van der Waals surface area contributed by atoms with Crippen LogP contribution in [-0.2, 0) is 16.4 Å². The Morgan fingerprint density at radius 3 is 2.67 bits per heavy atom. The molecule has 1 amide bonds. The number of para-hydroxylation sites is 1. The number of anilines is 1. The summed E-state index contributed by atoms with van der Waals surface area (Å²) in [6, 6.07) is 6.93. The van der Waals surface area contributed by atoms with E-state index < -0.39 is 27.2 Å². The van der Waals surface area contributed by atoms with E-state index in [0.717, 1.165) is 5.69 Å². The van der Waals surface area contributed by atoms with Gasteiger partial charge in [0.05, 0.1) is 17.0 Å². The standard InChI is InChI=1S/C20H23F2N3O4S/c1-30(28,29)8-7-24-5-6-25-17-14(3-2-4-16(17)24)9-15(19(25)27)18(26)23-12-13-10-20(21,22)11-13/h2-4,9,13H,5-8,10-12H2,1H3,(H,23,26). The zero-order valence-corrected chi connectivity index (χ0v) is 17.3. The predicted molar refractivity (Wildman–Crippen MR) is 110 cm³/mol. The molecule has 0 atom stereocenters. The molecule has 2 aliphatic rings. The van der Waals surface area contributed by atoms with Crippen molar-refractivity contribution in [2.75, 3.05) is 36.5 Å². The zero-order valence-electron chi connectivity index (χ0n) is 16.5. The number of rotatable bonds is 6. The molecule has 1 saturated carbocycles. The van der Waals surface area contributed by atoms with Gasteiger partial charge >= 0.3 is 0 Å². The normalized spacial score (nSPS) is 18.3. The van der Waals surface area contributed by atoms with Crippen LogP contribution in [-0.4, -0.2) is 56.5 Å². The van der Waals surface area contributed by atoms with E-state index in [0.29, 0.717) is 30.5 Å². The highest BCUT2D eigenvalue weighted by atomic mass is 32.2. The molecule has 162 valence electrons. The zero-order chi connectivity index (χ0) is 21.7. The van der Waals surface area contributed by atoms with Crippen LogP contribution in [0.4, 0.5) is 14.5 Å². The second kappa shape index (κ2) is 7.33. The van der Waals surface area contributed by atoms with E-state index in [9.17, 15) is 26.8 Å². The first-order valence-electron chi connectivity index (χ1n) is 9.79. The van der Waals surface area contributed by atoms with E-state index in [2.05, 4.69) is 5.32 Å². The summed E-state index contributed by atoms with van der Waals surface area (Å²) in [5, 5.41) is 3.30. The molecule has 1 fully saturated rings. The third-order valence-corrected chi connectivity index (χ3v) is 6.65. The maximum absolute atomic E-state index is 13.0. The second-order valence-electron chi connectivity index (χ2n) is 8.19. The average molecular weight is 439 g/mol. The second-order valence-corrected chi connectivity index (χ2v) is 10.4. The lowest BCUT2D eigenvalue weighted by Gasteiger charge is -2.35. The number of amides is 1. The third-order valence-electron chi connectivity index (χ3n) is 5.73. The van der Waals surface area contributed by atoms with Gasteiger partial charge in [0.1, 0.15) is 15.4 Å². The number of halogens is 2. The Morgan fingerprint density at radius 2 is 2.00 bits per heavy atom. The Morgan fingerprint density at radius 1 is 1.27 bits per heavy atom. The molecule has 0 saturated heterocycles. The van der Waals surface area contributed by atoms with Gasteiger partial charge in [-0.3, -0.25) is 9.59 Å². The topological polar surface area (TPSA) is 88.5 Å². The van der Waals surface area contributed by atoms with Crippen molar-refractivity contribution in [2.24, 2.45) is 5.92 Å². The third kappa shape index (κ3) is 4.05. The van der Waals surface area contributed by atoms with Crippen LogP contribution in [0.2, 0.25) is 0 Å². The first-order valence-corrected chi connectivity index (χ1v) is 11.9. The monoisotopic (exact) mass is 439 g/mol. The van der Waals surface area contributed by atoms with Crippen molar-refractivity contribution in [1.82, 2.24) is 9.88 Å². The average Bonchev–Trinajstić information content (AvgIpc) is 2.65. The number of benzene rings is 1. The molecule has 0 unspecified atom stereocenters. The summed E-state index contributed by atoms with van der Waals surface area (Å²) >= 11 is 0. The van der Waals surface area contributed by atoms with Crippen molar-refractivity contribution < 1.29 is 22.0 Å². The summed E-state index contributed by atoms with van der Waals surface area (Å²) < 4.78 is 50.5. The summed E-state index contributed by atoms with van der Waals surface area (Å²) in [5.41, 5.74) is 0.963. The summed E-state index contributed by atoms with van der Waals surface area (Å²) in [4.78, 5) is 27.5. The molecular weight excluding hydrogens is 416 g/mol. The highest BCUT2D eigenvalue weighted by Crippen LogP contribution is 2.41. The summed E-state index contributed by atoms with van der Waals surface area (Å²) in [5.74, 6) is -3.48. The minimum absolute atomic E-state index is 0.00826. The minimum atomic E-state index is -3.12.